The molecule has 0 amide bonds. The molecule has 0 unspecified atom stereocenters. The van der Waals surface area contributed by atoms with Crippen molar-refractivity contribution in [3.8, 4) is 0 Å². The molecular weight excluding hydrogens is 242 g/mol. The molecule has 2 aromatic carbocycles. The Hall–Kier alpha value is -2.15. The maximum absolute atomic E-state index is 4.80. The average Bonchev–Trinajstić information content (AvgIpc) is 2.46. The van der Waals surface area contributed by atoms with Crippen molar-refractivity contribution >= 4 is 17.5 Å². The van der Waals surface area contributed by atoms with Crippen molar-refractivity contribution in [3.05, 3.63) is 71.8 Å². The summed E-state index contributed by atoms with van der Waals surface area (Å²) in [5, 5.41) is 0. The number of hydrogen-bond acceptors (Lipinski definition) is 1. The van der Waals surface area contributed by atoms with Gasteiger partial charge in [-0.05, 0) is 36.1 Å². The molecule has 0 aliphatic carbocycles. The van der Waals surface area contributed by atoms with Gasteiger partial charge >= 0.3 is 0 Å². The monoisotopic (exact) mass is 263 g/mol. The number of nitrogens with zero attached hydrogens (tertiary/aromatic N) is 1. The van der Waals surface area contributed by atoms with Crippen LogP contribution in [0.15, 0.2) is 65.7 Å². The van der Waals surface area contributed by atoms with E-state index in [9.17, 15) is 0 Å². The van der Waals surface area contributed by atoms with E-state index >= 15 is 0 Å². The zero-order valence-electron chi connectivity index (χ0n) is 12.4. The second-order valence-electron chi connectivity index (χ2n) is 5.22. The molecule has 20 heavy (non-hydrogen) atoms. The minimum Gasteiger partial charge on any atom is -0.253 e. The summed E-state index contributed by atoms with van der Waals surface area (Å²) in [5.41, 5.74) is 4.56. The number of para-hydroxylation sites is 1. The van der Waals surface area contributed by atoms with E-state index in [1.54, 1.807) is 0 Å². The van der Waals surface area contributed by atoms with Crippen LogP contribution in [0, 0.1) is 12.8 Å². The molecule has 1 heteroatoms. The molecule has 0 heterocycles. The number of hydrogen-bond donors (Lipinski definition) is 0. The summed E-state index contributed by atoms with van der Waals surface area (Å²) in [4.78, 5) is 4.80. The summed E-state index contributed by atoms with van der Waals surface area (Å²) in [6.45, 7) is 6.44. The van der Waals surface area contributed by atoms with Crippen molar-refractivity contribution < 1.29 is 0 Å². The van der Waals surface area contributed by atoms with E-state index in [1.165, 1.54) is 11.1 Å². The van der Waals surface area contributed by atoms with E-state index in [2.05, 4.69) is 57.2 Å². The minimum atomic E-state index is 0.398. The second kappa shape index (κ2) is 6.85. The van der Waals surface area contributed by atoms with E-state index in [1.807, 2.05) is 30.3 Å². The Bertz CT molecular complexity index is 607. The van der Waals surface area contributed by atoms with Crippen molar-refractivity contribution in [1.29, 1.82) is 0 Å². The molecule has 1 nitrogen and oxygen atoms in total. The van der Waals surface area contributed by atoms with Crippen LogP contribution in [0.4, 0.5) is 5.69 Å². The van der Waals surface area contributed by atoms with Gasteiger partial charge in [0.2, 0.25) is 0 Å². The zero-order chi connectivity index (χ0) is 14.4. The quantitative estimate of drug-likeness (QED) is 0.651. The highest BCUT2D eigenvalue weighted by Crippen LogP contribution is 2.19. The van der Waals surface area contributed by atoms with E-state index in [0.29, 0.717) is 5.92 Å². The first-order chi connectivity index (χ1) is 9.66. The fourth-order valence-electron chi connectivity index (χ4n) is 1.93. The van der Waals surface area contributed by atoms with Gasteiger partial charge < -0.3 is 0 Å². The topological polar surface area (TPSA) is 12.4 Å². The van der Waals surface area contributed by atoms with Crippen LogP contribution in [0.3, 0.4) is 0 Å². The van der Waals surface area contributed by atoms with Gasteiger partial charge in [0.1, 0.15) is 0 Å². The molecule has 0 aromatic heterocycles. The predicted molar refractivity (Wildman–Crippen MR) is 88.6 cm³/mol. The van der Waals surface area contributed by atoms with Gasteiger partial charge in [0, 0.05) is 5.71 Å². The van der Waals surface area contributed by atoms with Gasteiger partial charge in [0.25, 0.3) is 0 Å². The lowest BCUT2D eigenvalue weighted by molar-refractivity contribution is 0.889. The van der Waals surface area contributed by atoms with Crippen LogP contribution in [0.5, 0.6) is 0 Å². The molecule has 0 atom stereocenters. The van der Waals surface area contributed by atoms with Gasteiger partial charge in [-0.15, -0.1) is 0 Å². The third kappa shape index (κ3) is 3.92. The normalized spacial score (nSPS) is 12.3. The highest BCUT2D eigenvalue weighted by Gasteiger charge is 2.03. The Kier molecular flexibility index (Phi) is 4.89. The first-order valence-corrected chi connectivity index (χ1v) is 7.04. The van der Waals surface area contributed by atoms with Crippen LogP contribution >= 0.6 is 0 Å². The van der Waals surface area contributed by atoms with Crippen molar-refractivity contribution in [1.82, 2.24) is 0 Å². The Morgan fingerprint density at radius 1 is 0.950 bits per heavy atom. The number of aliphatic imine (C=N–C) groups is 1. The third-order valence-electron chi connectivity index (χ3n) is 3.20. The van der Waals surface area contributed by atoms with Crippen molar-refractivity contribution in [2.24, 2.45) is 10.9 Å². The Balaban J connectivity index is 2.28. The van der Waals surface area contributed by atoms with E-state index in [4.69, 9.17) is 4.99 Å². The molecule has 0 fully saturated rings. The third-order valence-corrected chi connectivity index (χ3v) is 3.20. The highest BCUT2D eigenvalue weighted by atomic mass is 14.7. The molecule has 0 N–H and O–H groups in total. The van der Waals surface area contributed by atoms with Gasteiger partial charge in [-0.25, -0.2) is 0 Å². The smallest absolute Gasteiger partial charge is 0.0662 e. The summed E-state index contributed by atoms with van der Waals surface area (Å²) in [7, 11) is 0. The van der Waals surface area contributed by atoms with Gasteiger partial charge in [-0.1, -0.05) is 68.5 Å². The average molecular weight is 263 g/mol. The summed E-state index contributed by atoms with van der Waals surface area (Å²) in [6, 6.07) is 18.6. The van der Waals surface area contributed by atoms with Crippen LogP contribution < -0.4 is 0 Å². The number of allylic oxidation sites excluding steroid dienone is 1. The Morgan fingerprint density at radius 2 is 1.60 bits per heavy atom. The number of rotatable bonds is 4. The largest absolute Gasteiger partial charge is 0.253 e. The fraction of sp³-hybridized carbons (Fsp3) is 0.211. The van der Waals surface area contributed by atoms with E-state index < -0.39 is 0 Å². The maximum Gasteiger partial charge on any atom is 0.0662 e. The Labute approximate surface area is 121 Å². The van der Waals surface area contributed by atoms with Crippen molar-refractivity contribution in [2.75, 3.05) is 0 Å². The minimum absolute atomic E-state index is 0.398. The van der Waals surface area contributed by atoms with Gasteiger partial charge in [0.15, 0.2) is 0 Å². The summed E-state index contributed by atoms with van der Waals surface area (Å²) in [6.07, 6.45) is 4.24. The lowest BCUT2D eigenvalue weighted by atomic mass is 10.1. The van der Waals surface area contributed by atoms with E-state index in [-0.39, 0.29) is 0 Å². The van der Waals surface area contributed by atoms with E-state index in [0.717, 1.165) is 11.4 Å². The standard InChI is InChI=1S/C19H21N/c1-15(2)18(14-13-17-10-5-4-6-11-17)20-19-12-8-7-9-16(19)3/h4-15H,1-3H3/b14-13-,20-18?. The first kappa shape index (κ1) is 14.3. The molecule has 0 bridgehead atoms. The summed E-state index contributed by atoms with van der Waals surface area (Å²) >= 11 is 0. The maximum atomic E-state index is 4.80. The summed E-state index contributed by atoms with van der Waals surface area (Å²) in [5.74, 6) is 0.398. The van der Waals surface area contributed by atoms with Crippen molar-refractivity contribution in [2.45, 2.75) is 20.8 Å². The van der Waals surface area contributed by atoms with Crippen LogP contribution in [-0.2, 0) is 0 Å². The molecule has 0 radical (unpaired) electrons. The predicted octanol–water partition coefficient (Wildman–Crippen LogP) is 5.44. The molecule has 2 aromatic rings. The Morgan fingerprint density at radius 3 is 2.25 bits per heavy atom. The molecule has 102 valence electrons. The molecule has 0 saturated carbocycles. The van der Waals surface area contributed by atoms with Crippen LogP contribution in [0.1, 0.15) is 25.0 Å². The molecule has 0 spiro atoms. The molecule has 0 aliphatic heterocycles. The SMILES string of the molecule is Cc1ccccc1N=C(/C=C\c1ccccc1)C(C)C. The molecule has 0 aliphatic rings. The van der Waals surface area contributed by atoms with Crippen LogP contribution in [-0.4, -0.2) is 5.71 Å². The first-order valence-electron chi connectivity index (χ1n) is 7.04. The molecular formula is C19H21N. The second-order valence-corrected chi connectivity index (χ2v) is 5.22. The van der Waals surface area contributed by atoms with Crippen LogP contribution in [0.25, 0.3) is 6.08 Å². The van der Waals surface area contributed by atoms with Gasteiger partial charge in [-0.2, -0.15) is 0 Å². The number of aryl methyl sites for hydroxylation is 1. The van der Waals surface area contributed by atoms with Crippen molar-refractivity contribution in [3.63, 3.8) is 0 Å². The highest BCUT2D eigenvalue weighted by molar-refractivity contribution is 6.01. The lowest BCUT2D eigenvalue weighted by Crippen LogP contribution is -2.03. The summed E-state index contributed by atoms with van der Waals surface area (Å²) < 4.78 is 0. The lowest BCUT2D eigenvalue weighted by Gasteiger charge is -2.07. The van der Waals surface area contributed by atoms with Gasteiger partial charge in [0.05, 0.1) is 5.69 Å². The molecule has 0 saturated heterocycles. The number of benzene rings is 2. The van der Waals surface area contributed by atoms with Gasteiger partial charge in [-0.3, -0.25) is 4.99 Å². The van der Waals surface area contributed by atoms with Crippen LogP contribution in [0.2, 0.25) is 0 Å². The zero-order valence-corrected chi connectivity index (χ0v) is 12.4. The fourth-order valence-corrected chi connectivity index (χ4v) is 1.93. The molecule has 2 rings (SSSR count).